The SMILES string of the molecule is Fc1ccc(-n2ncc3cc(C(c4ccc5[nH]ccc5c4)C(F)(F)F)ccc32)cc1. The van der Waals surface area contributed by atoms with Gasteiger partial charge in [0.15, 0.2) is 0 Å². The monoisotopic (exact) mass is 409 g/mol. The van der Waals surface area contributed by atoms with Crippen LogP contribution >= 0.6 is 0 Å². The van der Waals surface area contributed by atoms with Crippen molar-refractivity contribution in [1.82, 2.24) is 14.8 Å². The van der Waals surface area contributed by atoms with Gasteiger partial charge in [0, 0.05) is 17.1 Å². The van der Waals surface area contributed by atoms with Gasteiger partial charge in [-0.05, 0) is 71.1 Å². The van der Waals surface area contributed by atoms with E-state index in [2.05, 4.69) is 10.1 Å². The minimum atomic E-state index is -4.45. The molecule has 30 heavy (non-hydrogen) atoms. The lowest BCUT2D eigenvalue weighted by molar-refractivity contribution is -0.141. The summed E-state index contributed by atoms with van der Waals surface area (Å²) in [5, 5.41) is 5.58. The maximum atomic E-state index is 14.1. The van der Waals surface area contributed by atoms with E-state index in [4.69, 9.17) is 0 Å². The van der Waals surface area contributed by atoms with E-state index in [9.17, 15) is 17.6 Å². The Balaban J connectivity index is 1.61. The van der Waals surface area contributed by atoms with Gasteiger partial charge in [0.25, 0.3) is 0 Å². The molecule has 150 valence electrons. The van der Waals surface area contributed by atoms with Crippen LogP contribution in [0.15, 0.2) is 79.1 Å². The van der Waals surface area contributed by atoms with Gasteiger partial charge in [0.2, 0.25) is 0 Å². The van der Waals surface area contributed by atoms with Crippen molar-refractivity contribution in [3.05, 3.63) is 96.1 Å². The number of rotatable bonds is 3. The third-order valence-electron chi connectivity index (χ3n) is 5.23. The van der Waals surface area contributed by atoms with Crippen LogP contribution in [0.25, 0.3) is 27.5 Å². The molecular formula is C23H15F4N3. The zero-order chi connectivity index (χ0) is 20.9. The summed E-state index contributed by atoms with van der Waals surface area (Å²) in [4.78, 5) is 2.99. The minimum absolute atomic E-state index is 0.142. The first kappa shape index (κ1) is 18.4. The van der Waals surface area contributed by atoms with Crippen molar-refractivity contribution in [3.8, 4) is 5.69 Å². The number of alkyl halides is 3. The zero-order valence-electron chi connectivity index (χ0n) is 15.5. The predicted molar refractivity (Wildman–Crippen MR) is 107 cm³/mol. The highest BCUT2D eigenvalue weighted by molar-refractivity contribution is 5.82. The summed E-state index contributed by atoms with van der Waals surface area (Å²) in [6.45, 7) is 0. The molecule has 3 nitrogen and oxygen atoms in total. The second-order valence-corrected chi connectivity index (χ2v) is 7.15. The average Bonchev–Trinajstić information content (AvgIpc) is 3.34. The summed E-state index contributed by atoms with van der Waals surface area (Å²) in [6, 6.07) is 16.9. The van der Waals surface area contributed by atoms with Crippen molar-refractivity contribution in [2.45, 2.75) is 12.1 Å². The highest BCUT2D eigenvalue weighted by atomic mass is 19.4. The van der Waals surface area contributed by atoms with Crippen molar-refractivity contribution in [3.63, 3.8) is 0 Å². The van der Waals surface area contributed by atoms with Crippen molar-refractivity contribution in [2.75, 3.05) is 0 Å². The van der Waals surface area contributed by atoms with Gasteiger partial charge in [0.1, 0.15) is 11.7 Å². The molecule has 0 amide bonds. The molecule has 0 fully saturated rings. The Morgan fingerprint density at radius 3 is 2.27 bits per heavy atom. The molecule has 0 saturated carbocycles. The lowest BCUT2D eigenvalue weighted by Crippen LogP contribution is -2.22. The zero-order valence-corrected chi connectivity index (χ0v) is 15.5. The average molecular weight is 409 g/mol. The summed E-state index contributed by atoms with van der Waals surface area (Å²) in [6.07, 6.45) is -1.23. The van der Waals surface area contributed by atoms with Crippen LogP contribution < -0.4 is 0 Å². The molecular weight excluding hydrogens is 394 g/mol. The van der Waals surface area contributed by atoms with E-state index in [0.717, 1.165) is 10.9 Å². The smallest absolute Gasteiger partial charge is 0.361 e. The van der Waals surface area contributed by atoms with Gasteiger partial charge in [0.05, 0.1) is 17.4 Å². The number of hydrogen-bond acceptors (Lipinski definition) is 1. The Hall–Kier alpha value is -3.61. The van der Waals surface area contributed by atoms with E-state index in [0.29, 0.717) is 16.6 Å². The van der Waals surface area contributed by atoms with Crippen LogP contribution in [0.5, 0.6) is 0 Å². The lowest BCUT2D eigenvalue weighted by atomic mass is 9.89. The van der Waals surface area contributed by atoms with Crippen LogP contribution in [-0.2, 0) is 0 Å². The normalized spacial score (nSPS) is 13.2. The Kier molecular flexibility index (Phi) is 4.13. The first-order valence-corrected chi connectivity index (χ1v) is 9.27. The van der Waals surface area contributed by atoms with Crippen molar-refractivity contribution in [2.24, 2.45) is 0 Å². The Bertz CT molecular complexity index is 1350. The van der Waals surface area contributed by atoms with E-state index in [-0.39, 0.29) is 16.9 Å². The maximum absolute atomic E-state index is 14.1. The van der Waals surface area contributed by atoms with Gasteiger partial charge < -0.3 is 4.98 Å². The summed E-state index contributed by atoms with van der Waals surface area (Å²) in [7, 11) is 0. The molecule has 1 atom stereocenters. The third-order valence-corrected chi connectivity index (χ3v) is 5.23. The van der Waals surface area contributed by atoms with Gasteiger partial charge in [-0.2, -0.15) is 18.3 Å². The number of H-pyrrole nitrogens is 1. The molecule has 5 aromatic rings. The lowest BCUT2D eigenvalue weighted by Gasteiger charge is -2.21. The van der Waals surface area contributed by atoms with Crippen molar-refractivity contribution >= 4 is 21.8 Å². The minimum Gasteiger partial charge on any atom is -0.361 e. The van der Waals surface area contributed by atoms with Gasteiger partial charge >= 0.3 is 6.18 Å². The molecule has 7 heteroatoms. The second kappa shape index (κ2) is 6.73. The highest BCUT2D eigenvalue weighted by Gasteiger charge is 2.42. The molecule has 0 aliphatic heterocycles. The fourth-order valence-corrected chi connectivity index (χ4v) is 3.84. The van der Waals surface area contributed by atoms with E-state index in [1.807, 2.05) is 0 Å². The third kappa shape index (κ3) is 3.12. The molecule has 3 aromatic carbocycles. The standard InChI is InChI=1S/C23H15F4N3/c24-18-3-5-19(6-4-18)30-21-8-2-16(12-17(21)13-29-30)22(23(25,26)27)15-1-7-20-14(11-15)9-10-28-20/h1-13,22,28H. The van der Waals surface area contributed by atoms with Crippen LogP contribution in [0.2, 0.25) is 0 Å². The second-order valence-electron chi connectivity index (χ2n) is 7.15. The molecule has 2 aromatic heterocycles. The molecule has 0 spiro atoms. The summed E-state index contributed by atoms with van der Waals surface area (Å²) in [5.41, 5.74) is 2.39. The molecule has 0 aliphatic rings. The van der Waals surface area contributed by atoms with Crippen LogP contribution in [0, 0.1) is 5.82 Å². The molecule has 2 heterocycles. The number of halogens is 4. The number of benzene rings is 3. The molecule has 0 radical (unpaired) electrons. The first-order valence-electron chi connectivity index (χ1n) is 9.27. The van der Waals surface area contributed by atoms with E-state index in [1.165, 1.54) is 36.5 Å². The number of nitrogens with zero attached hydrogens (tertiary/aromatic N) is 2. The molecule has 0 saturated heterocycles. The highest BCUT2D eigenvalue weighted by Crippen LogP contribution is 2.41. The predicted octanol–water partition coefficient (Wildman–Crippen LogP) is 6.34. The van der Waals surface area contributed by atoms with E-state index in [1.54, 1.807) is 47.3 Å². The van der Waals surface area contributed by atoms with E-state index >= 15 is 0 Å². The van der Waals surface area contributed by atoms with Gasteiger partial charge in [-0.1, -0.05) is 12.1 Å². The summed E-state index contributed by atoms with van der Waals surface area (Å²) in [5.74, 6) is -2.12. The molecule has 0 bridgehead atoms. The van der Waals surface area contributed by atoms with Crippen LogP contribution in [0.3, 0.4) is 0 Å². The van der Waals surface area contributed by atoms with E-state index < -0.39 is 12.1 Å². The molecule has 1 N–H and O–H groups in total. The van der Waals surface area contributed by atoms with Gasteiger partial charge in [-0.15, -0.1) is 0 Å². The molecule has 1 unspecified atom stereocenters. The van der Waals surface area contributed by atoms with Crippen LogP contribution in [-0.4, -0.2) is 20.9 Å². The topological polar surface area (TPSA) is 33.6 Å². The number of fused-ring (bicyclic) bond motifs is 2. The van der Waals surface area contributed by atoms with Crippen molar-refractivity contribution < 1.29 is 17.6 Å². The molecule has 0 aliphatic carbocycles. The number of aromatic amines is 1. The number of nitrogens with one attached hydrogen (secondary N) is 1. The van der Waals surface area contributed by atoms with Gasteiger partial charge in [-0.3, -0.25) is 0 Å². The number of aromatic nitrogens is 3. The van der Waals surface area contributed by atoms with Gasteiger partial charge in [-0.25, -0.2) is 9.07 Å². The largest absolute Gasteiger partial charge is 0.399 e. The first-order chi connectivity index (χ1) is 14.4. The molecule has 5 rings (SSSR count). The fraction of sp³-hybridized carbons (Fsp3) is 0.0870. The summed E-state index contributed by atoms with van der Waals surface area (Å²) < 4.78 is 57.0. The maximum Gasteiger partial charge on any atom is 0.399 e. The Labute approximate surface area is 168 Å². The Morgan fingerprint density at radius 1 is 0.833 bits per heavy atom. The quantitative estimate of drug-likeness (QED) is 0.347. The van der Waals surface area contributed by atoms with Crippen molar-refractivity contribution in [1.29, 1.82) is 0 Å². The van der Waals surface area contributed by atoms with Crippen LogP contribution in [0.1, 0.15) is 17.0 Å². The fourth-order valence-electron chi connectivity index (χ4n) is 3.84. The summed E-state index contributed by atoms with van der Waals surface area (Å²) >= 11 is 0. The van der Waals surface area contributed by atoms with Crippen LogP contribution in [0.4, 0.5) is 17.6 Å². The number of hydrogen-bond donors (Lipinski definition) is 1. The Morgan fingerprint density at radius 2 is 1.53 bits per heavy atom.